The smallest absolute Gasteiger partial charge is 0.216 e. The molecule has 0 radical (unpaired) electrons. The number of nitrogens with one attached hydrogen (secondary N) is 1. The Bertz CT molecular complexity index is 625. The Morgan fingerprint density at radius 3 is 3.00 bits per heavy atom. The molecule has 0 aromatic carbocycles. The van der Waals surface area contributed by atoms with Gasteiger partial charge in [-0.3, -0.25) is 0 Å². The summed E-state index contributed by atoms with van der Waals surface area (Å²) < 4.78 is 7.24. The second-order valence-corrected chi connectivity index (χ2v) is 5.70. The van der Waals surface area contributed by atoms with Crippen LogP contribution in [0.2, 0.25) is 0 Å². The Morgan fingerprint density at radius 1 is 1.41 bits per heavy atom. The van der Waals surface area contributed by atoms with E-state index in [2.05, 4.69) is 26.4 Å². The molecule has 2 aromatic heterocycles. The van der Waals surface area contributed by atoms with Crippen LogP contribution in [0.1, 0.15) is 17.7 Å². The number of aryl methyl sites for hydroxylation is 2. The molecule has 1 atom stereocenters. The van der Waals surface area contributed by atoms with E-state index in [1.54, 1.807) is 11.8 Å². The maximum absolute atomic E-state index is 5.44. The largest absolute Gasteiger partial charge is 0.481 e. The number of hydrogen-bond acceptors (Lipinski definition) is 5. The molecule has 0 aliphatic carbocycles. The van der Waals surface area contributed by atoms with Crippen molar-refractivity contribution in [3.8, 4) is 5.88 Å². The van der Waals surface area contributed by atoms with Gasteiger partial charge in [-0.2, -0.15) is 5.10 Å². The highest BCUT2D eigenvalue weighted by Gasteiger charge is 2.24. The molecule has 118 valence electrons. The van der Waals surface area contributed by atoms with Crippen LogP contribution in [0.3, 0.4) is 0 Å². The zero-order valence-electron chi connectivity index (χ0n) is 13.4. The highest BCUT2D eigenvalue weighted by atomic mass is 16.5. The van der Waals surface area contributed by atoms with Gasteiger partial charge in [0.15, 0.2) is 0 Å². The van der Waals surface area contributed by atoms with E-state index in [9.17, 15) is 0 Å². The normalized spacial score (nSPS) is 18.0. The molecular formula is C16H23N5O. The Morgan fingerprint density at radius 2 is 2.27 bits per heavy atom. The molecule has 1 fully saturated rings. The summed E-state index contributed by atoms with van der Waals surface area (Å²) in [5.41, 5.74) is 2.16. The van der Waals surface area contributed by atoms with Crippen molar-refractivity contribution in [2.45, 2.75) is 25.9 Å². The van der Waals surface area contributed by atoms with Gasteiger partial charge in [-0.1, -0.05) is 6.07 Å². The first-order chi connectivity index (χ1) is 10.7. The molecule has 0 spiro atoms. The predicted molar refractivity (Wildman–Crippen MR) is 86.2 cm³/mol. The van der Waals surface area contributed by atoms with Gasteiger partial charge in [-0.05, 0) is 25.5 Å². The molecule has 1 aliphatic heterocycles. The lowest BCUT2D eigenvalue weighted by atomic mass is 10.2. The molecule has 0 bridgehead atoms. The molecule has 1 unspecified atom stereocenters. The first-order valence-corrected chi connectivity index (χ1v) is 7.65. The van der Waals surface area contributed by atoms with Crippen LogP contribution in [-0.4, -0.2) is 41.0 Å². The van der Waals surface area contributed by atoms with Crippen molar-refractivity contribution in [3.63, 3.8) is 0 Å². The van der Waals surface area contributed by atoms with Crippen molar-refractivity contribution in [1.29, 1.82) is 0 Å². The van der Waals surface area contributed by atoms with Crippen molar-refractivity contribution in [2.24, 2.45) is 7.05 Å². The summed E-state index contributed by atoms with van der Waals surface area (Å²) >= 11 is 0. The number of methoxy groups -OCH3 is 1. The molecule has 1 N–H and O–H groups in total. The Labute approximate surface area is 131 Å². The highest BCUT2D eigenvalue weighted by molar-refractivity contribution is 5.39. The number of nitrogens with zero attached hydrogens (tertiary/aromatic N) is 4. The molecule has 6 heteroatoms. The van der Waals surface area contributed by atoms with Crippen molar-refractivity contribution < 1.29 is 4.74 Å². The summed E-state index contributed by atoms with van der Waals surface area (Å²) in [6, 6.07) is 6.52. The van der Waals surface area contributed by atoms with Crippen molar-refractivity contribution in [2.75, 3.05) is 25.1 Å². The van der Waals surface area contributed by atoms with Crippen LogP contribution in [0, 0.1) is 6.92 Å². The van der Waals surface area contributed by atoms with E-state index in [0.717, 1.165) is 49.0 Å². The van der Waals surface area contributed by atoms with Crippen molar-refractivity contribution in [3.05, 3.63) is 35.7 Å². The molecule has 0 amide bonds. The van der Waals surface area contributed by atoms with Gasteiger partial charge in [0.05, 0.1) is 18.4 Å². The van der Waals surface area contributed by atoms with Gasteiger partial charge in [0, 0.05) is 38.9 Å². The van der Waals surface area contributed by atoms with E-state index in [1.807, 2.05) is 32.3 Å². The number of pyridine rings is 1. The third-order valence-electron chi connectivity index (χ3n) is 4.21. The fraction of sp³-hybridized carbons (Fsp3) is 0.500. The molecule has 0 saturated carbocycles. The second-order valence-electron chi connectivity index (χ2n) is 5.70. The standard InChI is InChI=1S/C16H23N5O/c1-12-14(16(22-3)20(2)19-12)10-18-13-7-9-21(11-13)15-6-4-5-8-17-15/h4-6,8,13,18H,7,9-11H2,1-3H3. The summed E-state index contributed by atoms with van der Waals surface area (Å²) in [5.74, 6) is 1.89. The number of rotatable bonds is 5. The topological polar surface area (TPSA) is 55.2 Å². The van der Waals surface area contributed by atoms with E-state index in [4.69, 9.17) is 4.74 Å². The summed E-state index contributed by atoms with van der Waals surface area (Å²) in [6.45, 7) is 4.83. The third kappa shape index (κ3) is 2.92. The Hall–Kier alpha value is -2.08. The molecule has 3 heterocycles. The summed E-state index contributed by atoms with van der Waals surface area (Å²) in [4.78, 5) is 6.75. The van der Waals surface area contributed by atoms with E-state index in [0.29, 0.717) is 6.04 Å². The predicted octanol–water partition coefficient (Wildman–Crippen LogP) is 1.50. The minimum absolute atomic E-state index is 0.464. The average molecular weight is 301 g/mol. The van der Waals surface area contributed by atoms with E-state index in [1.165, 1.54) is 0 Å². The Balaban J connectivity index is 1.60. The summed E-state index contributed by atoms with van der Waals surface area (Å²) in [5, 5.41) is 8.04. The molecule has 1 saturated heterocycles. The molecular weight excluding hydrogens is 278 g/mol. The quantitative estimate of drug-likeness (QED) is 0.907. The van der Waals surface area contributed by atoms with Crippen molar-refractivity contribution >= 4 is 5.82 Å². The van der Waals surface area contributed by atoms with Crippen LogP contribution in [0.25, 0.3) is 0 Å². The molecule has 22 heavy (non-hydrogen) atoms. The third-order valence-corrected chi connectivity index (χ3v) is 4.21. The minimum atomic E-state index is 0.464. The number of hydrogen-bond donors (Lipinski definition) is 1. The van der Waals surface area contributed by atoms with Gasteiger partial charge < -0.3 is 15.0 Å². The molecule has 1 aliphatic rings. The van der Waals surface area contributed by atoms with Gasteiger partial charge in [0.1, 0.15) is 5.82 Å². The van der Waals surface area contributed by atoms with Gasteiger partial charge in [-0.25, -0.2) is 9.67 Å². The van der Waals surface area contributed by atoms with Crippen LogP contribution in [0.15, 0.2) is 24.4 Å². The van der Waals surface area contributed by atoms with Crippen LogP contribution < -0.4 is 15.0 Å². The van der Waals surface area contributed by atoms with E-state index in [-0.39, 0.29) is 0 Å². The van der Waals surface area contributed by atoms with E-state index >= 15 is 0 Å². The van der Waals surface area contributed by atoms with Gasteiger partial charge in [0.25, 0.3) is 0 Å². The lowest BCUT2D eigenvalue weighted by molar-refractivity contribution is 0.367. The van der Waals surface area contributed by atoms with Crippen LogP contribution in [-0.2, 0) is 13.6 Å². The molecule has 2 aromatic rings. The second kappa shape index (κ2) is 6.36. The summed E-state index contributed by atoms with van der Waals surface area (Å²) in [7, 11) is 3.60. The van der Waals surface area contributed by atoms with Crippen molar-refractivity contribution in [1.82, 2.24) is 20.1 Å². The van der Waals surface area contributed by atoms with Crippen LogP contribution in [0.5, 0.6) is 5.88 Å². The number of aromatic nitrogens is 3. The van der Waals surface area contributed by atoms with Gasteiger partial charge >= 0.3 is 0 Å². The van der Waals surface area contributed by atoms with Crippen LogP contribution in [0.4, 0.5) is 5.82 Å². The average Bonchev–Trinajstić information content (AvgIpc) is 3.10. The van der Waals surface area contributed by atoms with E-state index < -0.39 is 0 Å². The summed E-state index contributed by atoms with van der Waals surface area (Å²) in [6.07, 6.45) is 2.97. The van der Waals surface area contributed by atoms with Gasteiger partial charge in [-0.15, -0.1) is 0 Å². The number of ether oxygens (including phenoxy) is 1. The maximum Gasteiger partial charge on any atom is 0.216 e. The lowest BCUT2D eigenvalue weighted by Gasteiger charge is -2.17. The zero-order valence-corrected chi connectivity index (χ0v) is 13.4. The fourth-order valence-corrected chi connectivity index (χ4v) is 3.06. The molecule has 3 rings (SSSR count). The first kappa shape index (κ1) is 14.8. The monoisotopic (exact) mass is 301 g/mol. The van der Waals surface area contributed by atoms with Gasteiger partial charge in [0.2, 0.25) is 5.88 Å². The number of anilines is 1. The fourth-order valence-electron chi connectivity index (χ4n) is 3.06. The molecule has 6 nitrogen and oxygen atoms in total. The minimum Gasteiger partial charge on any atom is -0.481 e. The first-order valence-electron chi connectivity index (χ1n) is 7.65. The Kier molecular flexibility index (Phi) is 4.29. The lowest BCUT2D eigenvalue weighted by Crippen LogP contribution is -2.32. The van der Waals surface area contributed by atoms with Crippen LogP contribution >= 0.6 is 0 Å². The maximum atomic E-state index is 5.44. The zero-order chi connectivity index (χ0) is 15.5. The SMILES string of the molecule is COc1c(CNC2CCN(c3ccccn3)C2)c(C)nn1C. The highest BCUT2D eigenvalue weighted by Crippen LogP contribution is 2.22.